The molecule has 1 unspecified atom stereocenters. The zero-order chi connectivity index (χ0) is 14.7. The topological polar surface area (TPSA) is 55.8 Å². The van der Waals surface area contributed by atoms with Crippen molar-refractivity contribution in [2.45, 2.75) is 25.4 Å². The highest BCUT2D eigenvalue weighted by atomic mass is 16.5. The van der Waals surface area contributed by atoms with Gasteiger partial charge in [-0.15, -0.1) is 0 Å². The highest BCUT2D eigenvalue weighted by molar-refractivity contribution is 6.06. The van der Waals surface area contributed by atoms with Gasteiger partial charge in [0.2, 0.25) is 0 Å². The van der Waals surface area contributed by atoms with Crippen molar-refractivity contribution in [3.63, 3.8) is 0 Å². The summed E-state index contributed by atoms with van der Waals surface area (Å²) in [4.78, 5) is 11.6. The Hall–Kier alpha value is -2.07. The lowest BCUT2D eigenvalue weighted by molar-refractivity contribution is 0.0691. The van der Waals surface area contributed by atoms with E-state index >= 15 is 0 Å². The number of carboxylic acid groups (broad SMARTS) is 1. The van der Waals surface area contributed by atoms with Crippen LogP contribution in [0.5, 0.6) is 5.75 Å². The van der Waals surface area contributed by atoms with E-state index in [1.807, 2.05) is 30.3 Å². The number of aromatic carboxylic acids is 1. The average molecular weight is 286 g/mol. The van der Waals surface area contributed by atoms with Crippen molar-refractivity contribution in [1.82, 2.24) is 0 Å². The molecule has 1 fully saturated rings. The first-order chi connectivity index (χ1) is 10.3. The van der Waals surface area contributed by atoms with Crippen LogP contribution in [0.2, 0.25) is 0 Å². The number of rotatable bonds is 5. The van der Waals surface area contributed by atoms with Gasteiger partial charge in [0.05, 0.1) is 12.7 Å². The third-order valence-corrected chi connectivity index (χ3v) is 3.83. The average Bonchev–Trinajstić information content (AvgIpc) is 3.00. The van der Waals surface area contributed by atoms with Gasteiger partial charge in [-0.1, -0.05) is 30.3 Å². The van der Waals surface area contributed by atoms with E-state index in [1.165, 1.54) is 0 Å². The maximum atomic E-state index is 11.6. The van der Waals surface area contributed by atoms with Gasteiger partial charge in [0.25, 0.3) is 0 Å². The summed E-state index contributed by atoms with van der Waals surface area (Å²) in [5.41, 5.74) is 0.237. The van der Waals surface area contributed by atoms with Crippen LogP contribution in [0.15, 0.2) is 36.4 Å². The molecule has 110 valence electrons. The van der Waals surface area contributed by atoms with Gasteiger partial charge in [0.15, 0.2) is 0 Å². The van der Waals surface area contributed by atoms with Crippen molar-refractivity contribution in [1.29, 1.82) is 0 Å². The third kappa shape index (κ3) is 3.00. The lowest BCUT2D eigenvalue weighted by Crippen LogP contribution is -2.12. The molecule has 0 aliphatic carbocycles. The zero-order valence-corrected chi connectivity index (χ0v) is 11.7. The Morgan fingerprint density at radius 1 is 1.29 bits per heavy atom. The SMILES string of the molecule is O=C(O)c1c(OCCC2CCCO2)ccc2ccccc12. The molecule has 1 aliphatic rings. The number of fused-ring (bicyclic) bond motifs is 1. The van der Waals surface area contributed by atoms with E-state index in [0.29, 0.717) is 17.7 Å². The molecule has 0 radical (unpaired) electrons. The van der Waals surface area contributed by atoms with E-state index in [1.54, 1.807) is 6.07 Å². The summed E-state index contributed by atoms with van der Waals surface area (Å²) in [7, 11) is 0. The van der Waals surface area contributed by atoms with Gasteiger partial charge in [0.1, 0.15) is 11.3 Å². The number of ether oxygens (including phenoxy) is 2. The minimum atomic E-state index is -0.959. The lowest BCUT2D eigenvalue weighted by Gasteiger charge is -2.13. The summed E-state index contributed by atoms with van der Waals surface area (Å²) in [6, 6.07) is 11.1. The van der Waals surface area contributed by atoms with Gasteiger partial charge in [-0.3, -0.25) is 0 Å². The van der Waals surface area contributed by atoms with Crippen molar-refractivity contribution in [2.75, 3.05) is 13.2 Å². The summed E-state index contributed by atoms with van der Waals surface area (Å²) in [5.74, 6) is -0.530. The van der Waals surface area contributed by atoms with Crippen LogP contribution >= 0.6 is 0 Å². The Morgan fingerprint density at radius 3 is 2.90 bits per heavy atom. The molecule has 1 aliphatic heterocycles. The van der Waals surface area contributed by atoms with Gasteiger partial charge < -0.3 is 14.6 Å². The normalized spacial score (nSPS) is 18.0. The van der Waals surface area contributed by atoms with E-state index in [-0.39, 0.29) is 11.7 Å². The fourth-order valence-corrected chi connectivity index (χ4v) is 2.76. The smallest absolute Gasteiger partial charge is 0.340 e. The molecule has 0 amide bonds. The maximum Gasteiger partial charge on any atom is 0.340 e. The predicted octanol–water partition coefficient (Wildman–Crippen LogP) is 3.49. The lowest BCUT2D eigenvalue weighted by atomic mass is 10.0. The van der Waals surface area contributed by atoms with Gasteiger partial charge in [-0.2, -0.15) is 0 Å². The number of hydrogen-bond acceptors (Lipinski definition) is 3. The molecule has 0 saturated carbocycles. The fraction of sp³-hybridized carbons (Fsp3) is 0.353. The molecule has 2 aromatic carbocycles. The molecule has 4 heteroatoms. The zero-order valence-electron chi connectivity index (χ0n) is 11.7. The molecule has 21 heavy (non-hydrogen) atoms. The largest absolute Gasteiger partial charge is 0.493 e. The number of benzene rings is 2. The molecule has 1 N–H and O–H groups in total. The van der Waals surface area contributed by atoms with Gasteiger partial charge in [-0.05, 0) is 29.7 Å². The summed E-state index contributed by atoms with van der Waals surface area (Å²) in [6.07, 6.45) is 3.21. The van der Waals surface area contributed by atoms with Crippen molar-refractivity contribution in [3.05, 3.63) is 42.0 Å². The molecular formula is C17H18O4. The van der Waals surface area contributed by atoms with Gasteiger partial charge in [-0.25, -0.2) is 4.79 Å². The van der Waals surface area contributed by atoms with Crippen LogP contribution in [0, 0.1) is 0 Å². The van der Waals surface area contributed by atoms with E-state index in [0.717, 1.165) is 31.3 Å². The molecule has 0 spiro atoms. The molecule has 1 saturated heterocycles. The standard InChI is InChI=1S/C17H18O4/c18-17(19)16-14-6-2-1-4-12(14)7-8-15(16)21-11-9-13-5-3-10-20-13/h1-2,4,6-8,13H,3,5,9-11H2,(H,18,19). The molecule has 3 rings (SSSR count). The second-order valence-corrected chi connectivity index (χ2v) is 5.24. The van der Waals surface area contributed by atoms with Gasteiger partial charge >= 0.3 is 5.97 Å². The van der Waals surface area contributed by atoms with Crippen molar-refractivity contribution < 1.29 is 19.4 Å². The summed E-state index contributed by atoms with van der Waals surface area (Å²) >= 11 is 0. The Morgan fingerprint density at radius 2 is 2.14 bits per heavy atom. The van der Waals surface area contributed by atoms with Crippen molar-refractivity contribution >= 4 is 16.7 Å². The highest BCUT2D eigenvalue weighted by Crippen LogP contribution is 2.28. The fourth-order valence-electron chi connectivity index (χ4n) is 2.76. The van der Waals surface area contributed by atoms with E-state index in [9.17, 15) is 9.90 Å². The van der Waals surface area contributed by atoms with Crippen LogP contribution in [0.1, 0.15) is 29.6 Å². The predicted molar refractivity (Wildman–Crippen MR) is 80.0 cm³/mol. The Labute approximate surface area is 123 Å². The molecular weight excluding hydrogens is 268 g/mol. The first kappa shape index (κ1) is 13.9. The van der Waals surface area contributed by atoms with E-state index in [2.05, 4.69) is 0 Å². The second kappa shape index (κ2) is 6.14. The van der Waals surface area contributed by atoms with Crippen molar-refractivity contribution in [2.24, 2.45) is 0 Å². The molecule has 1 atom stereocenters. The van der Waals surface area contributed by atoms with Crippen LogP contribution in [0.25, 0.3) is 10.8 Å². The minimum absolute atomic E-state index is 0.237. The molecule has 0 aromatic heterocycles. The third-order valence-electron chi connectivity index (χ3n) is 3.83. The monoisotopic (exact) mass is 286 g/mol. The summed E-state index contributed by atoms with van der Waals surface area (Å²) in [6.45, 7) is 1.30. The Bertz CT molecular complexity index is 644. The minimum Gasteiger partial charge on any atom is -0.493 e. The molecule has 4 nitrogen and oxygen atoms in total. The van der Waals surface area contributed by atoms with Crippen LogP contribution in [-0.2, 0) is 4.74 Å². The van der Waals surface area contributed by atoms with Crippen LogP contribution < -0.4 is 4.74 Å². The highest BCUT2D eigenvalue weighted by Gasteiger charge is 2.18. The first-order valence-corrected chi connectivity index (χ1v) is 7.25. The summed E-state index contributed by atoms with van der Waals surface area (Å²) < 4.78 is 11.3. The Balaban J connectivity index is 1.80. The maximum absolute atomic E-state index is 11.6. The number of hydrogen-bond donors (Lipinski definition) is 1. The van der Waals surface area contributed by atoms with Crippen LogP contribution in [0.3, 0.4) is 0 Å². The van der Waals surface area contributed by atoms with E-state index < -0.39 is 5.97 Å². The van der Waals surface area contributed by atoms with Crippen molar-refractivity contribution in [3.8, 4) is 5.75 Å². The van der Waals surface area contributed by atoms with Gasteiger partial charge in [0, 0.05) is 13.0 Å². The van der Waals surface area contributed by atoms with Crippen LogP contribution in [-0.4, -0.2) is 30.4 Å². The first-order valence-electron chi connectivity index (χ1n) is 7.25. The molecule has 0 bridgehead atoms. The number of carboxylic acids is 1. The second-order valence-electron chi connectivity index (χ2n) is 5.24. The number of carbonyl (C=O) groups is 1. The molecule has 2 aromatic rings. The Kier molecular flexibility index (Phi) is 4.06. The summed E-state index contributed by atoms with van der Waals surface area (Å²) in [5, 5.41) is 11.1. The van der Waals surface area contributed by atoms with E-state index in [4.69, 9.17) is 9.47 Å². The quantitative estimate of drug-likeness (QED) is 0.914. The van der Waals surface area contributed by atoms with Crippen LogP contribution in [0.4, 0.5) is 0 Å². The molecule has 1 heterocycles.